The van der Waals surface area contributed by atoms with E-state index in [9.17, 15) is 9.18 Å². The number of benzene rings is 1. The van der Waals surface area contributed by atoms with Crippen molar-refractivity contribution in [3.05, 3.63) is 65.5 Å². The van der Waals surface area contributed by atoms with Crippen molar-refractivity contribution >= 4 is 11.9 Å². The van der Waals surface area contributed by atoms with Gasteiger partial charge in [0.05, 0.1) is 11.9 Å². The maximum atomic E-state index is 12.8. The van der Waals surface area contributed by atoms with Gasteiger partial charge in [-0.2, -0.15) is 0 Å². The van der Waals surface area contributed by atoms with Crippen molar-refractivity contribution in [1.82, 2.24) is 9.97 Å². The zero-order valence-corrected chi connectivity index (χ0v) is 12.3. The summed E-state index contributed by atoms with van der Waals surface area (Å²) < 4.78 is 12.8. The number of allylic oxidation sites excluding steroid dienone is 1. The van der Waals surface area contributed by atoms with E-state index in [1.165, 1.54) is 24.4 Å². The molecule has 0 fully saturated rings. The van der Waals surface area contributed by atoms with Crippen LogP contribution in [0.1, 0.15) is 42.5 Å². The lowest BCUT2D eigenvalue weighted by Crippen LogP contribution is -2.14. The first-order valence-electron chi connectivity index (χ1n) is 6.67. The largest absolute Gasteiger partial charge is 0.287 e. The summed E-state index contributed by atoms with van der Waals surface area (Å²) in [5.41, 5.74) is 1.78. The summed E-state index contributed by atoms with van der Waals surface area (Å²) in [6.07, 6.45) is 6.14. The van der Waals surface area contributed by atoms with Gasteiger partial charge in [-0.15, -0.1) is 0 Å². The van der Waals surface area contributed by atoms with Crippen LogP contribution in [0.3, 0.4) is 0 Å². The maximum Gasteiger partial charge on any atom is 0.205 e. The molecule has 0 N–H and O–H groups in total. The fourth-order valence-electron chi connectivity index (χ4n) is 1.67. The van der Waals surface area contributed by atoms with E-state index in [0.717, 1.165) is 11.3 Å². The fourth-order valence-corrected chi connectivity index (χ4v) is 1.67. The lowest BCUT2D eigenvalue weighted by Gasteiger charge is -2.16. The van der Waals surface area contributed by atoms with Crippen molar-refractivity contribution in [2.75, 3.05) is 0 Å². The van der Waals surface area contributed by atoms with Gasteiger partial charge in [-0.1, -0.05) is 39.0 Å². The van der Waals surface area contributed by atoms with E-state index in [1.807, 2.05) is 20.8 Å². The zero-order valence-electron chi connectivity index (χ0n) is 12.3. The Kier molecular flexibility index (Phi) is 4.26. The van der Waals surface area contributed by atoms with Gasteiger partial charge in [0.2, 0.25) is 5.78 Å². The highest BCUT2D eigenvalue weighted by Crippen LogP contribution is 2.18. The third kappa shape index (κ3) is 4.05. The Morgan fingerprint density at radius 2 is 1.76 bits per heavy atom. The summed E-state index contributed by atoms with van der Waals surface area (Å²) >= 11 is 0. The monoisotopic (exact) mass is 284 g/mol. The third-order valence-corrected chi connectivity index (χ3v) is 2.97. The van der Waals surface area contributed by atoms with Crippen LogP contribution in [0, 0.1) is 5.82 Å². The number of ketones is 1. The van der Waals surface area contributed by atoms with Crippen LogP contribution in [-0.2, 0) is 5.41 Å². The van der Waals surface area contributed by atoms with E-state index in [-0.39, 0.29) is 17.0 Å². The molecule has 0 radical (unpaired) electrons. The van der Waals surface area contributed by atoms with Crippen LogP contribution in [-0.4, -0.2) is 15.8 Å². The number of rotatable bonds is 3. The van der Waals surface area contributed by atoms with Crippen LogP contribution in [0.25, 0.3) is 6.08 Å². The average Bonchev–Trinajstić information content (AvgIpc) is 2.45. The molecule has 0 aliphatic carbocycles. The number of hydrogen-bond acceptors (Lipinski definition) is 3. The van der Waals surface area contributed by atoms with E-state index in [2.05, 4.69) is 9.97 Å². The minimum Gasteiger partial charge on any atom is -0.287 e. The van der Waals surface area contributed by atoms with Crippen LogP contribution in [0.15, 0.2) is 42.7 Å². The van der Waals surface area contributed by atoms with Gasteiger partial charge in [0.25, 0.3) is 0 Å². The molecular formula is C17H17FN2O. The second-order valence-corrected chi connectivity index (χ2v) is 5.79. The quantitative estimate of drug-likeness (QED) is 0.636. The summed E-state index contributed by atoms with van der Waals surface area (Å²) in [7, 11) is 0. The van der Waals surface area contributed by atoms with Gasteiger partial charge in [0, 0.05) is 11.6 Å². The first-order chi connectivity index (χ1) is 9.86. The van der Waals surface area contributed by atoms with Gasteiger partial charge in [-0.05, 0) is 23.8 Å². The molecule has 0 bridgehead atoms. The molecule has 0 atom stereocenters. The topological polar surface area (TPSA) is 42.9 Å². The lowest BCUT2D eigenvalue weighted by atomic mass is 9.93. The van der Waals surface area contributed by atoms with Gasteiger partial charge in [-0.25, -0.2) is 9.37 Å². The van der Waals surface area contributed by atoms with Crippen molar-refractivity contribution in [3.8, 4) is 0 Å². The van der Waals surface area contributed by atoms with Crippen LogP contribution >= 0.6 is 0 Å². The van der Waals surface area contributed by atoms with E-state index in [0.29, 0.717) is 5.69 Å². The Hall–Kier alpha value is -2.36. The smallest absolute Gasteiger partial charge is 0.205 e. The molecule has 0 aliphatic heterocycles. The minimum atomic E-state index is -0.304. The van der Waals surface area contributed by atoms with Crippen molar-refractivity contribution in [2.45, 2.75) is 26.2 Å². The molecule has 0 unspecified atom stereocenters. The lowest BCUT2D eigenvalue weighted by molar-refractivity contribution is 0.104. The van der Waals surface area contributed by atoms with Crippen molar-refractivity contribution in [1.29, 1.82) is 0 Å². The number of carbonyl (C=O) groups is 1. The second kappa shape index (κ2) is 5.95. The molecule has 108 valence electrons. The van der Waals surface area contributed by atoms with Crippen LogP contribution in [0.4, 0.5) is 4.39 Å². The van der Waals surface area contributed by atoms with E-state index in [4.69, 9.17) is 0 Å². The molecule has 0 aliphatic rings. The molecule has 0 saturated heterocycles. The van der Waals surface area contributed by atoms with E-state index < -0.39 is 0 Å². The Bertz CT molecular complexity index is 653. The fraction of sp³-hybridized carbons (Fsp3) is 0.235. The second-order valence-electron chi connectivity index (χ2n) is 5.79. The van der Waals surface area contributed by atoms with Crippen LogP contribution in [0.5, 0.6) is 0 Å². The van der Waals surface area contributed by atoms with Crippen molar-refractivity contribution in [3.63, 3.8) is 0 Å². The summed E-state index contributed by atoms with van der Waals surface area (Å²) in [5, 5.41) is 0. The van der Waals surface area contributed by atoms with Gasteiger partial charge in [-0.3, -0.25) is 9.78 Å². The Morgan fingerprint density at radius 1 is 1.10 bits per heavy atom. The molecule has 21 heavy (non-hydrogen) atoms. The van der Waals surface area contributed by atoms with Gasteiger partial charge in [0.15, 0.2) is 0 Å². The number of carbonyl (C=O) groups excluding carboxylic acids is 1. The predicted molar refractivity (Wildman–Crippen MR) is 80.5 cm³/mol. The molecule has 1 aromatic carbocycles. The molecule has 0 spiro atoms. The highest BCUT2D eigenvalue weighted by atomic mass is 19.1. The Labute approximate surface area is 123 Å². The summed E-state index contributed by atoms with van der Waals surface area (Å²) in [4.78, 5) is 20.4. The molecule has 2 aromatic rings. The first kappa shape index (κ1) is 15.0. The van der Waals surface area contributed by atoms with Crippen LogP contribution in [0.2, 0.25) is 0 Å². The molecule has 0 saturated carbocycles. The maximum absolute atomic E-state index is 12.8. The van der Waals surface area contributed by atoms with Gasteiger partial charge in [0.1, 0.15) is 11.5 Å². The third-order valence-electron chi connectivity index (χ3n) is 2.97. The molecule has 1 heterocycles. The summed E-state index contributed by atoms with van der Waals surface area (Å²) in [6, 6.07) is 5.91. The molecule has 3 nitrogen and oxygen atoms in total. The van der Waals surface area contributed by atoms with Crippen molar-refractivity contribution in [2.24, 2.45) is 0 Å². The van der Waals surface area contributed by atoms with Gasteiger partial charge < -0.3 is 0 Å². The van der Waals surface area contributed by atoms with E-state index in [1.54, 1.807) is 24.4 Å². The highest BCUT2D eigenvalue weighted by Gasteiger charge is 2.16. The average molecular weight is 284 g/mol. The normalized spacial score (nSPS) is 11.8. The number of halogens is 1. The minimum absolute atomic E-state index is 0.0987. The number of nitrogens with zero attached hydrogens (tertiary/aromatic N) is 2. The molecule has 4 heteroatoms. The highest BCUT2D eigenvalue weighted by molar-refractivity contribution is 6.05. The summed E-state index contributed by atoms with van der Waals surface area (Å²) in [5.74, 6) is -0.533. The molecular weight excluding hydrogens is 267 g/mol. The van der Waals surface area contributed by atoms with Gasteiger partial charge >= 0.3 is 0 Å². The summed E-state index contributed by atoms with van der Waals surface area (Å²) in [6.45, 7) is 6.10. The molecule has 0 amide bonds. The van der Waals surface area contributed by atoms with E-state index >= 15 is 0 Å². The SMILES string of the molecule is CC(C)(C)c1cnc(C(=O)/C=C/c2ccc(F)cc2)cn1. The van der Waals surface area contributed by atoms with Crippen molar-refractivity contribution < 1.29 is 9.18 Å². The predicted octanol–water partition coefficient (Wildman–Crippen LogP) is 3.81. The zero-order chi connectivity index (χ0) is 15.5. The Balaban J connectivity index is 2.11. The number of aromatic nitrogens is 2. The molecule has 2 rings (SSSR count). The standard InChI is InChI=1S/C17H17FN2O/c1-17(2,3)16-11-19-14(10-20-16)15(21)9-6-12-4-7-13(18)8-5-12/h4-11H,1-3H3/b9-6+. The first-order valence-corrected chi connectivity index (χ1v) is 6.67. The molecule has 1 aromatic heterocycles. The van der Waals surface area contributed by atoms with Crippen LogP contribution < -0.4 is 0 Å². The Morgan fingerprint density at radius 3 is 2.29 bits per heavy atom. The number of hydrogen-bond donors (Lipinski definition) is 0.